The molecule has 2 heteroatoms. The van der Waals surface area contributed by atoms with Gasteiger partial charge in [-0.25, -0.2) is 0 Å². The number of nitrogens with one attached hydrogen (secondary N) is 1. The summed E-state index contributed by atoms with van der Waals surface area (Å²) in [4.78, 5) is 12.3. The zero-order valence-electron chi connectivity index (χ0n) is 12.6. The normalized spacial score (nSPS) is 10.6. The SMILES string of the molecule is O=C(Nc1c[c]ccc1)c1cccc(/C=C/c2ccccc2)c1. The van der Waals surface area contributed by atoms with Crippen LogP contribution >= 0.6 is 0 Å². The van der Waals surface area contributed by atoms with Gasteiger partial charge in [0.1, 0.15) is 0 Å². The van der Waals surface area contributed by atoms with E-state index in [-0.39, 0.29) is 5.91 Å². The van der Waals surface area contributed by atoms with Gasteiger partial charge in [-0.3, -0.25) is 4.79 Å². The molecule has 3 rings (SSSR count). The second-order valence-corrected chi connectivity index (χ2v) is 5.12. The van der Waals surface area contributed by atoms with Crippen LogP contribution in [0.25, 0.3) is 12.2 Å². The number of carbonyl (C=O) groups is 1. The number of rotatable bonds is 4. The van der Waals surface area contributed by atoms with Gasteiger partial charge in [-0.2, -0.15) is 0 Å². The van der Waals surface area contributed by atoms with Crippen molar-refractivity contribution >= 4 is 23.7 Å². The van der Waals surface area contributed by atoms with E-state index in [2.05, 4.69) is 11.4 Å². The fourth-order valence-electron chi connectivity index (χ4n) is 2.21. The summed E-state index contributed by atoms with van der Waals surface area (Å²) in [5.41, 5.74) is 3.48. The van der Waals surface area contributed by atoms with E-state index < -0.39 is 0 Å². The fourth-order valence-corrected chi connectivity index (χ4v) is 2.21. The van der Waals surface area contributed by atoms with Crippen LogP contribution in [-0.2, 0) is 0 Å². The topological polar surface area (TPSA) is 29.1 Å². The van der Waals surface area contributed by atoms with Crippen LogP contribution in [0.1, 0.15) is 21.5 Å². The predicted molar refractivity (Wildman–Crippen MR) is 95.0 cm³/mol. The van der Waals surface area contributed by atoms with Crippen molar-refractivity contribution in [2.45, 2.75) is 0 Å². The third-order valence-corrected chi connectivity index (χ3v) is 3.38. The first-order valence-electron chi connectivity index (χ1n) is 7.42. The molecule has 1 radical (unpaired) electrons. The highest BCUT2D eigenvalue weighted by atomic mass is 16.1. The molecule has 0 aliphatic heterocycles. The van der Waals surface area contributed by atoms with Gasteiger partial charge in [0.25, 0.3) is 5.91 Å². The van der Waals surface area contributed by atoms with Crippen molar-refractivity contribution in [3.8, 4) is 0 Å². The summed E-state index contributed by atoms with van der Waals surface area (Å²) in [7, 11) is 0. The molecule has 111 valence electrons. The predicted octanol–water partition coefficient (Wildman–Crippen LogP) is 4.91. The first kappa shape index (κ1) is 14.8. The first-order valence-corrected chi connectivity index (χ1v) is 7.42. The van der Waals surface area contributed by atoms with Gasteiger partial charge >= 0.3 is 0 Å². The monoisotopic (exact) mass is 298 g/mol. The van der Waals surface area contributed by atoms with Crippen molar-refractivity contribution in [1.82, 2.24) is 0 Å². The van der Waals surface area contributed by atoms with E-state index in [4.69, 9.17) is 0 Å². The lowest BCUT2D eigenvalue weighted by Gasteiger charge is -2.05. The van der Waals surface area contributed by atoms with Crippen LogP contribution in [0.4, 0.5) is 5.69 Å². The molecular formula is C21H16NO. The lowest BCUT2D eigenvalue weighted by molar-refractivity contribution is 0.102. The van der Waals surface area contributed by atoms with Gasteiger partial charge in [0.2, 0.25) is 0 Å². The zero-order valence-corrected chi connectivity index (χ0v) is 12.6. The molecule has 3 aromatic rings. The van der Waals surface area contributed by atoms with Crippen LogP contribution < -0.4 is 5.32 Å². The smallest absolute Gasteiger partial charge is 0.255 e. The number of anilines is 1. The molecule has 0 saturated heterocycles. The van der Waals surface area contributed by atoms with Crippen LogP contribution in [0.2, 0.25) is 0 Å². The largest absolute Gasteiger partial charge is 0.322 e. The highest BCUT2D eigenvalue weighted by Crippen LogP contribution is 2.13. The maximum atomic E-state index is 12.3. The Balaban J connectivity index is 1.74. The Morgan fingerprint density at radius 3 is 2.43 bits per heavy atom. The fraction of sp³-hybridized carbons (Fsp3) is 0. The van der Waals surface area contributed by atoms with Crippen LogP contribution in [-0.4, -0.2) is 5.91 Å². The van der Waals surface area contributed by atoms with Gasteiger partial charge in [0, 0.05) is 11.3 Å². The number of amides is 1. The molecular weight excluding hydrogens is 282 g/mol. The molecule has 0 heterocycles. The molecule has 0 bridgehead atoms. The summed E-state index contributed by atoms with van der Waals surface area (Å²) in [5, 5.41) is 2.86. The zero-order chi connectivity index (χ0) is 15.9. The van der Waals surface area contributed by atoms with Crippen LogP contribution in [0.15, 0.2) is 78.9 Å². The van der Waals surface area contributed by atoms with E-state index in [1.165, 1.54) is 0 Å². The summed E-state index contributed by atoms with van der Waals surface area (Å²) in [6.07, 6.45) is 4.03. The van der Waals surface area contributed by atoms with Crippen molar-refractivity contribution in [3.05, 3.63) is 102 Å². The summed E-state index contributed by atoms with van der Waals surface area (Å²) in [5.74, 6) is -0.125. The summed E-state index contributed by atoms with van der Waals surface area (Å²) in [6, 6.07) is 27.8. The van der Waals surface area contributed by atoms with Gasteiger partial charge in [-0.15, -0.1) is 0 Å². The Morgan fingerprint density at radius 2 is 1.65 bits per heavy atom. The third-order valence-electron chi connectivity index (χ3n) is 3.38. The molecule has 0 fully saturated rings. The first-order chi connectivity index (χ1) is 11.3. The minimum atomic E-state index is -0.125. The molecule has 1 amide bonds. The standard InChI is InChI=1S/C21H16NO/c23-21(22-20-12-5-2-6-13-20)19-11-7-10-18(16-19)15-14-17-8-3-1-4-9-17/h1-5,7-16H,(H,22,23)/b15-14+. The molecule has 2 nitrogen and oxygen atoms in total. The lowest BCUT2D eigenvalue weighted by Crippen LogP contribution is -2.11. The Kier molecular flexibility index (Phi) is 4.65. The molecule has 3 aromatic carbocycles. The second-order valence-electron chi connectivity index (χ2n) is 5.12. The van der Waals surface area contributed by atoms with Crippen molar-refractivity contribution in [3.63, 3.8) is 0 Å². The average molecular weight is 298 g/mol. The van der Waals surface area contributed by atoms with E-state index in [9.17, 15) is 4.79 Å². The molecule has 0 unspecified atom stereocenters. The minimum Gasteiger partial charge on any atom is -0.322 e. The Labute approximate surface area is 136 Å². The van der Waals surface area contributed by atoms with Crippen molar-refractivity contribution < 1.29 is 4.79 Å². The van der Waals surface area contributed by atoms with Crippen LogP contribution in [0, 0.1) is 6.07 Å². The van der Waals surface area contributed by atoms with Crippen molar-refractivity contribution in [2.24, 2.45) is 0 Å². The minimum absolute atomic E-state index is 0.125. The summed E-state index contributed by atoms with van der Waals surface area (Å²) in [6.45, 7) is 0. The summed E-state index contributed by atoms with van der Waals surface area (Å²) >= 11 is 0. The summed E-state index contributed by atoms with van der Waals surface area (Å²) < 4.78 is 0. The van der Waals surface area contributed by atoms with E-state index in [0.717, 1.165) is 16.8 Å². The molecule has 1 N–H and O–H groups in total. The van der Waals surface area contributed by atoms with Crippen LogP contribution in [0.3, 0.4) is 0 Å². The van der Waals surface area contributed by atoms with E-state index in [1.807, 2.05) is 78.9 Å². The van der Waals surface area contributed by atoms with Gasteiger partial charge < -0.3 is 5.32 Å². The maximum Gasteiger partial charge on any atom is 0.255 e. The van der Waals surface area contributed by atoms with Gasteiger partial charge in [-0.1, -0.05) is 66.7 Å². The molecule has 0 atom stereocenters. The molecule has 0 spiro atoms. The van der Waals surface area contributed by atoms with Crippen LogP contribution in [0.5, 0.6) is 0 Å². The number of carbonyl (C=O) groups excluding carboxylic acids is 1. The highest BCUT2D eigenvalue weighted by Gasteiger charge is 2.05. The van der Waals surface area contributed by atoms with E-state index in [0.29, 0.717) is 5.56 Å². The Hall–Kier alpha value is -3.13. The van der Waals surface area contributed by atoms with E-state index in [1.54, 1.807) is 12.1 Å². The molecule has 0 aliphatic carbocycles. The Bertz CT molecular complexity index is 808. The van der Waals surface area contributed by atoms with Gasteiger partial charge in [0.05, 0.1) is 0 Å². The van der Waals surface area contributed by atoms with Gasteiger partial charge in [0.15, 0.2) is 0 Å². The van der Waals surface area contributed by atoms with E-state index >= 15 is 0 Å². The lowest BCUT2D eigenvalue weighted by atomic mass is 10.1. The van der Waals surface area contributed by atoms with Crippen molar-refractivity contribution in [2.75, 3.05) is 5.32 Å². The average Bonchev–Trinajstić information content (AvgIpc) is 2.62. The number of hydrogen-bond donors (Lipinski definition) is 1. The van der Waals surface area contributed by atoms with Gasteiger partial charge in [-0.05, 0) is 41.5 Å². The van der Waals surface area contributed by atoms with Crippen molar-refractivity contribution in [1.29, 1.82) is 0 Å². The second kappa shape index (κ2) is 7.23. The molecule has 0 aromatic heterocycles. The third kappa shape index (κ3) is 4.17. The highest BCUT2D eigenvalue weighted by molar-refractivity contribution is 6.04. The molecule has 0 aliphatic rings. The quantitative estimate of drug-likeness (QED) is 0.681. The number of benzene rings is 3. The Morgan fingerprint density at radius 1 is 0.870 bits per heavy atom. The maximum absolute atomic E-state index is 12.3. The number of hydrogen-bond acceptors (Lipinski definition) is 1. The molecule has 23 heavy (non-hydrogen) atoms. The molecule has 0 saturated carbocycles.